The Balaban J connectivity index is 1.58. The van der Waals surface area contributed by atoms with Crippen LogP contribution in [0, 0.1) is 40.9 Å². The van der Waals surface area contributed by atoms with E-state index in [1.165, 1.54) is 57.7 Å². The Hall–Kier alpha value is -0.590. The van der Waals surface area contributed by atoms with Crippen molar-refractivity contribution in [1.82, 2.24) is 0 Å². The maximum Gasteiger partial charge on any atom is 0.123 e. The van der Waals surface area contributed by atoms with Crippen molar-refractivity contribution in [1.29, 1.82) is 0 Å². The monoisotopic (exact) mass is 300 g/mol. The van der Waals surface area contributed by atoms with E-state index in [1.54, 1.807) is 0 Å². The first kappa shape index (κ1) is 15.0. The van der Waals surface area contributed by atoms with E-state index < -0.39 is 0 Å². The smallest absolute Gasteiger partial charge is 0.123 e. The molecular formula is C21H32O. The molecule has 4 rings (SSSR count). The Kier molecular flexibility index (Phi) is 3.74. The molecule has 122 valence electrons. The molecule has 3 fully saturated rings. The summed E-state index contributed by atoms with van der Waals surface area (Å²) >= 11 is 0. The van der Waals surface area contributed by atoms with Gasteiger partial charge >= 0.3 is 0 Å². The molecular weight excluding hydrogens is 268 g/mol. The summed E-state index contributed by atoms with van der Waals surface area (Å²) < 4.78 is 0. The van der Waals surface area contributed by atoms with Crippen LogP contribution in [0.25, 0.3) is 0 Å². The van der Waals surface area contributed by atoms with Gasteiger partial charge in [-0.15, -0.1) is 0 Å². The zero-order valence-corrected chi connectivity index (χ0v) is 14.4. The van der Waals surface area contributed by atoms with Crippen LogP contribution in [0.4, 0.5) is 0 Å². The van der Waals surface area contributed by atoms with Crippen LogP contribution in [0.3, 0.4) is 0 Å². The summed E-state index contributed by atoms with van der Waals surface area (Å²) in [5.41, 5.74) is 2.16. The number of hydrogen-bond acceptors (Lipinski definition) is 1. The molecule has 0 heterocycles. The summed E-state index contributed by atoms with van der Waals surface area (Å²) in [7, 11) is 0. The first-order chi connectivity index (χ1) is 10.7. The minimum absolute atomic E-state index is 0.328. The molecule has 4 aliphatic carbocycles. The van der Waals surface area contributed by atoms with Crippen LogP contribution < -0.4 is 0 Å². The summed E-state index contributed by atoms with van der Waals surface area (Å²) in [5.74, 6) is 4.86. The summed E-state index contributed by atoms with van der Waals surface area (Å²) in [6.45, 7) is 4.80. The van der Waals surface area contributed by atoms with Gasteiger partial charge in [-0.2, -0.15) is 0 Å². The van der Waals surface area contributed by atoms with Gasteiger partial charge in [-0.25, -0.2) is 0 Å². The van der Waals surface area contributed by atoms with Crippen LogP contribution in [0.15, 0.2) is 11.6 Å². The van der Waals surface area contributed by atoms with E-state index in [0.29, 0.717) is 11.3 Å². The topological polar surface area (TPSA) is 17.1 Å². The van der Waals surface area contributed by atoms with Crippen LogP contribution >= 0.6 is 0 Å². The molecule has 7 atom stereocenters. The molecule has 3 saturated carbocycles. The van der Waals surface area contributed by atoms with Gasteiger partial charge in [0.25, 0.3) is 0 Å². The fraction of sp³-hybridized carbons (Fsp3) is 0.857. The van der Waals surface area contributed by atoms with Gasteiger partial charge in [0.05, 0.1) is 0 Å². The molecule has 22 heavy (non-hydrogen) atoms. The molecule has 0 aromatic heterocycles. The number of hydrogen-bond donors (Lipinski definition) is 0. The zero-order valence-electron chi connectivity index (χ0n) is 14.4. The minimum atomic E-state index is 0.328. The normalized spacial score (nSPS) is 50.5. The largest absolute Gasteiger partial charge is 0.303 e. The first-order valence-electron chi connectivity index (χ1n) is 9.81. The number of fused-ring (bicyclic) bond motifs is 5. The lowest BCUT2D eigenvalue weighted by Crippen LogP contribution is -2.46. The second-order valence-corrected chi connectivity index (χ2v) is 8.98. The third kappa shape index (κ3) is 2.07. The van der Waals surface area contributed by atoms with E-state index in [9.17, 15) is 4.79 Å². The highest BCUT2D eigenvalue weighted by atomic mass is 16.1. The van der Waals surface area contributed by atoms with E-state index in [2.05, 4.69) is 19.9 Å². The van der Waals surface area contributed by atoms with Gasteiger partial charge in [0, 0.05) is 5.92 Å². The third-order valence-electron chi connectivity index (χ3n) is 8.36. The van der Waals surface area contributed by atoms with Crippen molar-refractivity contribution < 1.29 is 4.79 Å². The standard InChI is InChI=1S/C21H32O/c1-3-14-4-7-17-15(12-14)5-8-19-18(17)10-11-21(2)16(13-22)6-9-20(19)21/h5,13-14,16-20H,3-4,6-12H2,1-2H3. The molecule has 0 bridgehead atoms. The Morgan fingerprint density at radius 1 is 1.18 bits per heavy atom. The molecule has 0 aromatic carbocycles. The van der Waals surface area contributed by atoms with Gasteiger partial charge < -0.3 is 4.79 Å². The Morgan fingerprint density at radius 2 is 2.05 bits per heavy atom. The van der Waals surface area contributed by atoms with E-state index in [0.717, 1.165) is 36.0 Å². The lowest BCUT2D eigenvalue weighted by molar-refractivity contribution is -0.116. The maximum atomic E-state index is 11.5. The fourth-order valence-electron chi connectivity index (χ4n) is 6.97. The van der Waals surface area contributed by atoms with Crippen molar-refractivity contribution in [2.45, 2.75) is 71.6 Å². The molecule has 1 nitrogen and oxygen atoms in total. The molecule has 0 aliphatic heterocycles. The Labute approximate surface area is 135 Å². The molecule has 0 saturated heterocycles. The summed E-state index contributed by atoms with van der Waals surface area (Å²) in [6, 6.07) is 0. The molecule has 0 N–H and O–H groups in total. The van der Waals surface area contributed by atoms with Gasteiger partial charge in [-0.05, 0) is 86.4 Å². The molecule has 0 amide bonds. The molecule has 7 unspecified atom stereocenters. The predicted octanol–water partition coefficient (Wildman–Crippen LogP) is 5.40. The van der Waals surface area contributed by atoms with Gasteiger partial charge in [0.1, 0.15) is 6.29 Å². The zero-order chi connectivity index (χ0) is 15.3. The van der Waals surface area contributed by atoms with Crippen LogP contribution in [-0.4, -0.2) is 6.29 Å². The van der Waals surface area contributed by atoms with Gasteiger partial charge in [0.2, 0.25) is 0 Å². The highest BCUT2D eigenvalue weighted by Crippen LogP contribution is 2.63. The number of aldehydes is 1. The van der Waals surface area contributed by atoms with E-state index in [1.807, 2.05) is 5.57 Å². The Bertz CT molecular complexity index is 478. The third-order valence-corrected chi connectivity index (χ3v) is 8.36. The first-order valence-corrected chi connectivity index (χ1v) is 9.81. The van der Waals surface area contributed by atoms with Gasteiger partial charge in [-0.3, -0.25) is 0 Å². The molecule has 0 radical (unpaired) electrons. The van der Waals surface area contributed by atoms with Crippen molar-refractivity contribution in [3.63, 3.8) is 0 Å². The fourth-order valence-corrected chi connectivity index (χ4v) is 6.97. The van der Waals surface area contributed by atoms with Gasteiger partial charge in [0.15, 0.2) is 0 Å². The second kappa shape index (κ2) is 5.49. The molecule has 1 heteroatoms. The summed E-state index contributed by atoms with van der Waals surface area (Å²) in [5, 5.41) is 0. The summed E-state index contributed by atoms with van der Waals surface area (Å²) in [4.78, 5) is 11.5. The predicted molar refractivity (Wildman–Crippen MR) is 90.4 cm³/mol. The molecule has 0 spiro atoms. The molecule has 0 aromatic rings. The highest BCUT2D eigenvalue weighted by molar-refractivity contribution is 5.56. The molecule has 4 aliphatic rings. The van der Waals surface area contributed by atoms with E-state index in [4.69, 9.17) is 0 Å². The van der Waals surface area contributed by atoms with Crippen LogP contribution in [0.2, 0.25) is 0 Å². The second-order valence-electron chi connectivity index (χ2n) is 8.98. The number of allylic oxidation sites excluding steroid dienone is 2. The lowest BCUT2D eigenvalue weighted by atomic mass is 9.51. The van der Waals surface area contributed by atoms with E-state index in [-0.39, 0.29) is 0 Å². The number of carbonyl (C=O) groups excluding carboxylic acids is 1. The minimum Gasteiger partial charge on any atom is -0.303 e. The van der Waals surface area contributed by atoms with Crippen molar-refractivity contribution in [2.24, 2.45) is 40.9 Å². The van der Waals surface area contributed by atoms with Crippen molar-refractivity contribution in [2.75, 3.05) is 0 Å². The quantitative estimate of drug-likeness (QED) is 0.493. The van der Waals surface area contributed by atoms with E-state index >= 15 is 0 Å². The van der Waals surface area contributed by atoms with Crippen LogP contribution in [0.5, 0.6) is 0 Å². The average molecular weight is 300 g/mol. The van der Waals surface area contributed by atoms with Crippen molar-refractivity contribution in [3.8, 4) is 0 Å². The summed E-state index contributed by atoms with van der Waals surface area (Å²) in [6.07, 6.45) is 16.1. The van der Waals surface area contributed by atoms with Crippen LogP contribution in [-0.2, 0) is 4.79 Å². The van der Waals surface area contributed by atoms with Gasteiger partial charge in [-0.1, -0.05) is 31.9 Å². The number of rotatable bonds is 2. The van der Waals surface area contributed by atoms with Crippen molar-refractivity contribution >= 4 is 6.29 Å². The average Bonchev–Trinajstić information content (AvgIpc) is 2.90. The van der Waals surface area contributed by atoms with Crippen molar-refractivity contribution in [3.05, 3.63) is 11.6 Å². The SMILES string of the molecule is CCC1CCC2C(=CCC3C2CCC2(C)C(C=O)CCC32)C1. The maximum absolute atomic E-state index is 11.5. The Morgan fingerprint density at radius 3 is 2.82 bits per heavy atom. The lowest BCUT2D eigenvalue weighted by Gasteiger charge is -2.53. The highest BCUT2D eigenvalue weighted by Gasteiger charge is 2.55. The van der Waals surface area contributed by atoms with Crippen LogP contribution in [0.1, 0.15) is 71.6 Å². The number of carbonyl (C=O) groups is 1.